The molecule has 1 unspecified atom stereocenters. The molecule has 0 rings (SSSR count). The Labute approximate surface area is 106 Å². The van der Waals surface area contributed by atoms with Crippen molar-refractivity contribution < 1.29 is 9.47 Å². The molecule has 0 saturated heterocycles. The van der Waals surface area contributed by atoms with Gasteiger partial charge in [-0.1, -0.05) is 13.8 Å². The lowest BCUT2D eigenvalue weighted by Crippen LogP contribution is -2.32. The molecule has 0 spiro atoms. The average molecular weight is 246 g/mol. The Hall–Kier alpha value is -0.160. The van der Waals surface area contributed by atoms with Crippen LogP contribution in [0.15, 0.2) is 0 Å². The second-order valence-electron chi connectivity index (χ2n) is 4.96. The van der Waals surface area contributed by atoms with Crippen molar-refractivity contribution in [3.8, 4) is 0 Å². The van der Waals surface area contributed by atoms with Gasteiger partial charge in [0.2, 0.25) is 0 Å². The van der Waals surface area contributed by atoms with E-state index in [0.717, 1.165) is 32.5 Å². The first-order valence-electron chi connectivity index (χ1n) is 6.58. The third kappa shape index (κ3) is 10.7. The van der Waals surface area contributed by atoms with Gasteiger partial charge >= 0.3 is 0 Å². The van der Waals surface area contributed by atoms with Gasteiger partial charge in [0, 0.05) is 26.3 Å². The van der Waals surface area contributed by atoms with Crippen molar-refractivity contribution in [2.24, 2.45) is 11.7 Å². The number of methoxy groups -OCH3 is 1. The minimum atomic E-state index is 0.315. The van der Waals surface area contributed by atoms with Crippen LogP contribution >= 0.6 is 0 Å². The molecule has 0 saturated carbocycles. The molecule has 0 heterocycles. The van der Waals surface area contributed by atoms with Crippen LogP contribution in [0.25, 0.3) is 0 Å². The highest BCUT2D eigenvalue weighted by Crippen LogP contribution is 2.03. The molecule has 17 heavy (non-hydrogen) atoms. The number of hydrogen-bond donors (Lipinski definition) is 1. The number of ether oxygens (including phenoxy) is 2. The molecule has 0 amide bonds. The summed E-state index contributed by atoms with van der Waals surface area (Å²) in [7, 11) is 3.83. The fourth-order valence-electron chi connectivity index (χ4n) is 1.50. The highest BCUT2D eigenvalue weighted by atomic mass is 16.5. The van der Waals surface area contributed by atoms with E-state index < -0.39 is 0 Å². The molecule has 4 nitrogen and oxygen atoms in total. The second-order valence-corrected chi connectivity index (χ2v) is 4.96. The van der Waals surface area contributed by atoms with Gasteiger partial charge in [-0.3, -0.25) is 0 Å². The van der Waals surface area contributed by atoms with Crippen molar-refractivity contribution in [1.82, 2.24) is 4.90 Å². The Morgan fingerprint density at radius 3 is 2.41 bits per heavy atom. The molecular weight excluding hydrogens is 216 g/mol. The van der Waals surface area contributed by atoms with Crippen LogP contribution in [0.1, 0.15) is 26.7 Å². The van der Waals surface area contributed by atoms with Crippen LogP contribution in [0, 0.1) is 5.92 Å². The molecule has 2 N–H and O–H groups in total. The van der Waals surface area contributed by atoms with E-state index in [9.17, 15) is 0 Å². The van der Waals surface area contributed by atoms with E-state index in [1.54, 1.807) is 7.11 Å². The quantitative estimate of drug-likeness (QED) is 0.559. The Bertz CT molecular complexity index is 165. The van der Waals surface area contributed by atoms with E-state index >= 15 is 0 Å². The number of nitrogens with zero attached hydrogens (tertiary/aromatic N) is 1. The van der Waals surface area contributed by atoms with E-state index in [0.29, 0.717) is 25.2 Å². The molecule has 0 aromatic carbocycles. The molecule has 1 atom stereocenters. The van der Waals surface area contributed by atoms with Crippen LogP contribution in [0.4, 0.5) is 0 Å². The molecular formula is C13H30N2O2. The first-order chi connectivity index (χ1) is 8.07. The minimum absolute atomic E-state index is 0.315. The highest BCUT2D eigenvalue weighted by Gasteiger charge is 2.08. The first-order valence-corrected chi connectivity index (χ1v) is 6.58. The van der Waals surface area contributed by atoms with Gasteiger partial charge in [-0.25, -0.2) is 0 Å². The van der Waals surface area contributed by atoms with Gasteiger partial charge in [-0.15, -0.1) is 0 Å². The lowest BCUT2D eigenvalue weighted by atomic mass is 10.0. The molecule has 0 aliphatic rings. The van der Waals surface area contributed by atoms with E-state index in [2.05, 4.69) is 25.8 Å². The molecule has 0 bridgehead atoms. The van der Waals surface area contributed by atoms with Crippen molar-refractivity contribution >= 4 is 0 Å². The van der Waals surface area contributed by atoms with E-state index in [-0.39, 0.29) is 0 Å². The third-order valence-electron chi connectivity index (χ3n) is 2.96. The van der Waals surface area contributed by atoms with Crippen LogP contribution < -0.4 is 5.73 Å². The summed E-state index contributed by atoms with van der Waals surface area (Å²) in [6.45, 7) is 8.67. The first kappa shape index (κ1) is 16.8. The molecule has 104 valence electrons. The molecule has 4 heteroatoms. The summed E-state index contributed by atoms with van der Waals surface area (Å²) in [6, 6.07) is 0.315. The maximum atomic E-state index is 6.01. The summed E-state index contributed by atoms with van der Waals surface area (Å²) in [4.78, 5) is 2.32. The zero-order chi connectivity index (χ0) is 13.1. The average Bonchev–Trinajstić information content (AvgIpc) is 2.30. The number of nitrogens with two attached hydrogens (primary N) is 1. The predicted octanol–water partition coefficient (Wildman–Crippen LogP) is 1.34. The van der Waals surface area contributed by atoms with Crippen molar-refractivity contribution in [1.29, 1.82) is 0 Å². The van der Waals surface area contributed by atoms with Crippen molar-refractivity contribution in [3.05, 3.63) is 0 Å². The largest absolute Gasteiger partial charge is 0.382 e. The van der Waals surface area contributed by atoms with Gasteiger partial charge in [0.05, 0.1) is 13.2 Å². The van der Waals surface area contributed by atoms with Crippen LogP contribution in [0.5, 0.6) is 0 Å². The van der Waals surface area contributed by atoms with Crippen LogP contribution in [-0.4, -0.2) is 58.0 Å². The summed E-state index contributed by atoms with van der Waals surface area (Å²) >= 11 is 0. The van der Waals surface area contributed by atoms with Crippen molar-refractivity contribution in [2.75, 3.05) is 47.1 Å². The highest BCUT2D eigenvalue weighted by molar-refractivity contribution is 4.67. The second kappa shape index (κ2) is 11.0. The molecule has 0 radical (unpaired) electrons. The Balaban J connectivity index is 3.31. The van der Waals surface area contributed by atoms with Gasteiger partial charge in [0.15, 0.2) is 0 Å². The van der Waals surface area contributed by atoms with Crippen LogP contribution in [0.2, 0.25) is 0 Å². The van der Waals surface area contributed by atoms with Crippen molar-refractivity contribution in [2.45, 2.75) is 32.7 Å². The van der Waals surface area contributed by atoms with Gasteiger partial charge < -0.3 is 20.1 Å². The third-order valence-corrected chi connectivity index (χ3v) is 2.96. The fraction of sp³-hybridized carbons (Fsp3) is 1.00. The molecule has 0 aromatic rings. The maximum absolute atomic E-state index is 6.01. The molecule has 0 fully saturated rings. The van der Waals surface area contributed by atoms with E-state index in [1.165, 1.54) is 0 Å². The smallest absolute Gasteiger partial charge is 0.0700 e. The normalized spacial score (nSPS) is 13.6. The Morgan fingerprint density at radius 2 is 1.82 bits per heavy atom. The minimum Gasteiger partial charge on any atom is -0.382 e. The van der Waals surface area contributed by atoms with E-state index in [4.69, 9.17) is 15.2 Å². The van der Waals surface area contributed by atoms with Crippen LogP contribution in [0.3, 0.4) is 0 Å². The summed E-state index contributed by atoms with van der Waals surface area (Å²) in [5.74, 6) is 0.570. The lowest BCUT2D eigenvalue weighted by Gasteiger charge is -2.21. The predicted molar refractivity (Wildman–Crippen MR) is 72.2 cm³/mol. The van der Waals surface area contributed by atoms with Gasteiger partial charge in [0.25, 0.3) is 0 Å². The zero-order valence-electron chi connectivity index (χ0n) is 11.9. The summed E-state index contributed by atoms with van der Waals surface area (Å²) in [5, 5.41) is 0. The van der Waals surface area contributed by atoms with Crippen molar-refractivity contribution in [3.63, 3.8) is 0 Å². The summed E-state index contributed by atoms with van der Waals surface area (Å²) < 4.78 is 10.3. The van der Waals surface area contributed by atoms with E-state index in [1.807, 2.05) is 0 Å². The topological polar surface area (TPSA) is 47.7 Å². The SMILES string of the molecule is COCCOCCCN(C)CCC(N)C(C)C. The monoisotopic (exact) mass is 246 g/mol. The lowest BCUT2D eigenvalue weighted by molar-refractivity contribution is 0.0661. The molecule has 0 aromatic heterocycles. The Kier molecular flexibility index (Phi) is 10.9. The number of rotatable bonds is 11. The molecule has 0 aliphatic heterocycles. The van der Waals surface area contributed by atoms with Gasteiger partial charge in [0.1, 0.15) is 0 Å². The standard InChI is InChI=1S/C13H30N2O2/c1-12(2)13(14)6-8-15(3)7-5-9-17-11-10-16-4/h12-13H,5-11,14H2,1-4H3. The number of hydrogen-bond acceptors (Lipinski definition) is 4. The summed E-state index contributed by atoms with van der Waals surface area (Å²) in [5.41, 5.74) is 6.01. The molecule has 0 aliphatic carbocycles. The van der Waals surface area contributed by atoms with Gasteiger partial charge in [-0.2, -0.15) is 0 Å². The zero-order valence-corrected chi connectivity index (χ0v) is 11.9. The van der Waals surface area contributed by atoms with Gasteiger partial charge in [-0.05, 0) is 32.4 Å². The van der Waals surface area contributed by atoms with Crippen LogP contribution in [-0.2, 0) is 9.47 Å². The maximum Gasteiger partial charge on any atom is 0.0700 e. The Morgan fingerprint density at radius 1 is 1.12 bits per heavy atom. The fourth-order valence-corrected chi connectivity index (χ4v) is 1.50. The summed E-state index contributed by atoms with van der Waals surface area (Å²) in [6.07, 6.45) is 2.13.